The fraction of sp³-hybridized carbons (Fsp3) is 0.500. The molecule has 0 aliphatic heterocycles. The Morgan fingerprint density at radius 1 is 1.35 bits per heavy atom. The Bertz CT molecular complexity index is 480. The van der Waals surface area contributed by atoms with Crippen LogP contribution in [0.15, 0.2) is 30.3 Å². The maximum atomic E-state index is 12.8. The molecule has 1 saturated carbocycles. The van der Waals surface area contributed by atoms with Gasteiger partial charge in [0, 0.05) is 18.2 Å². The number of anilines is 1. The summed E-state index contributed by atoms with van der Waals surface area (Å²) in [6.07, 6.45) is 3.37. The van der Waals surface area contributed by atoms with Gasteiger partial charge in [-0.05, 0) is 37.4 Å². The van der Waals surface area contributed by atoms with E-state index in [1.54, 1.807) is 4.90 Å². The molecule has 0 spiro atoms. The molecular weight excluding hydrogens is 250 g/mol. The zero-order valence-electron chi connectivity index (χ0n) is 11.7. The average molecular weight is 271 g/mol. The molecule has 106 valence electrons. The van der Waals surface area contributed by atoms with Gasteiger partial charge in [0.15, 0.2) is 0 Å². The summed E-state index contributed by atoms with van der Waals surface area (Å²) in [6, 6.07) is 11.7. The fourth-order valence-electron chi connectivity index (χ4n) is 2.98. The van der Waals surface area contributed by atoms with E-state index in [0.29, 0.717) is 19.5 Å². The molecule has 2 rings (SSSR count). The quantitative estimate of drug-likeness (QED) is 0.893. The van der Waals surface area contributed by atoms with Crippen molar-refractivity contribution in [2.45, 2.75) is 25.7 Å². The predicted molar refractivity (Wildman–Crippen MR) is 78.9 cm³/mol. The van der Waals surface area contributed by atoms with Crippen LogP contribution in [0, 0.1) is 23.2 Å². The molecule has 2 N–H and O–H groups in total. The van der Waals surface area contributed by atoms with Gasteiger partial charge in [-0.25, -0.2) is 0 Å². The Morgan fingerprint density at radius 2 is 2.10 bits per heavy atom. The summed E-state index contributed by atoms with van der Waals surface area (Å²) in [5, 5.41) is 8.80. The highest BCUT2D eigenvalue weighted by atomic mass is 16.2. The van der Waals surface area contributed by atoms with E-state index in [2.05, 4.69) is 6.07 Å². The lowest BCUT2D eigenvalue weighted by Crippen LogP contribution is -2.39. The third-order valence-electron chi connectivity index (χ3n) is 4.06. The predicted octanol–water partition coefficient (Wildman–Crippen LogP) is 2.31. The maximum absolute atomic E-state index is 12.8. The monoisotopic (exact) mass is 271 g/mol. The third-order valence-corrected chi connectivity index (χ3v) is 4.06. The van der Waals surface area contributed by atoms with Gasteiger partial charge in [0.1, 0.15) is 0 Å². The number of hydrogen-bond acceptors (Lipinski definition) is 3. The van der Waals surface area contributed by atoms with Crippen LogP contribution in [0.25, 0.3) is 0 Å². The van der Waals surface area contributed by atoms with Crippen molar-refractivity contribution < 1.29 is 4.79 Å². The second-order valence-corrected chi connectivity index (χ2v) is 5.27. The van der Waals surface area contributed by atoms with Crippen LogP contribution in [-0.2, 0) is 4.79 Å². The van der Waals surface area contributed by atoms with Crippen molar-refractivity contribution in [3.8, 4) is 6.07 Å². The first-order valence-electron chi connectivity index (χ1n) is 7.21. The Morgan fingerprint density at radius 3 is 2.75 bits per heavy atom. The van der Waals surface area contributed by atoms with E-state index in [4.69, 9.17) is 11.0 Å². The van der Waals surface area contributed by atoms with Crippen LogP contribution < -0.4 is 10.6 Å². The molecule has 0 bridgehead atoms. The molecule has 1 fully saturated rings. The van der Waals surface area contributed by atoms with E-state index >= 15 is 0 Å². The molecule has 0 saturated heterocycles. The average Bonchev–Trinajstić information content (AvgIpc) is 2.97. The van der Waals surface area contributed by atoms with E-state index < -0.39 is 0 Å². The summed E-state index contributed by atoms with van der Waals surface area (Å²) in [5.74, 6) is 0.425. The van der Waals surface area contributed by atoms with Crippen molar-refractivity contribution in [2.24, 2.45) is 17.6 Å². The minimum atomic E-state index is 0.0129. The third kappa shape index (κ3) is 3.17. The van der Waals surface area contributed by atoms with E-state index in [1.165, 1.54) is 0 Å². The molecule has 2 unspecified atom stereocenters. The standard InChI is InChI=1S/C16H21N3O/c17-10-5-11-19(14-7-2-1-3-8-14)16(20)15-9-4-6-13(15)12-18/h1-3,7-8,13,15H,4-6,9,11-12,18H2. The minimum absolute atomic E-state index is 0.0129. The van der Waals surface area contributed by atoms with Crippen molar-refractivity contribution in [3.05, 3.63) is 30.3 Å². The number of benzene rings is 1. The van der Waals surface area contributed by atoms with Crippen LogP contribution in [0.3, 0.4) is 0 Å². The summed E-state index contributed by atoms with van der Waals surface area (Å²) in [7, 11) is 0. The van der Waals surface area contributed by atoms with E-state index in [1.807, 2.05) is 30.3 Å². The molecule has 1 aromatic rings. The second kappa shape index (κ2) is 7.06. The van der Waals surface area contributed by atoms with Gasteiger partial charge in [-0.2, -0.15) is 5.26 Å². The summed E-state index contributed by atoms with van der Waals surface area (Å²) >= 11 is 0. The highest BCUT2D eigenvalue weighted by Gasteiger charge is 2.34. The molecular formula is C16H21N3O. The number of nitriles is 1. The van der Waals surface area contributed by atoms with Gasteiger partial charge in [0.2, 0.25) is 5.91 Å². The fourth-order valence-corrected chi connectivity index (χ4v) is 2.98. The molecule has 1 aliphatic rings. The molecule has 1 aliphatic carbocycles. The lowest BCUT2D eigenvalue weighted by atomic mass is 9.94. The van der Waals surface area contributed by atoms with Gasteiger partial charge >= 0.3 is 0 Å². The molecule has 20 heavy (non-hydrogen) atoms. The van der Waals surface area contributed by atoms with Gasteiger partial charge in [-0.15, -0.1) is 0 Å². The first kappa shape index (κ1) is 14.5. The summed E-state index contributed by atoms with van der Waals surface area (Å²) < 4.78 is 0. The molecule has 0 heterocycles. The van der Waals surface area contributed by atoms with Crippen LogP contribution in [0.2, 0.25) is 0 Å². The number of amides is 1. The zero-order valence-corrected chi connectivity index (χ0v) is 11.7. The molecule has 0 radical (unpaired) electrons. The molecule has 0 aromatic heterocycles. The van der Waals surface area contributed by atoms with E-state index in [9.17, 15) is 4.79 Å². The Hall–Kier alpha value is -1.86. The summed E-state index contributed by atoms with van der Waals surface area (Å²) in [4.78, 5) is 14.5. The van der Waals surface area contributed by atoms with Crippen LogP contribution >= 0.6 is 0 Å². The van der Waals surface area contributed by atoms with Gasteiger partial charge in [0.05, 0.1) is 12.5 Å². The summed E-state index contributed by atoms with van der Waals surface area (Å²) in [6.45, 7) is 1.02. The number of rotatable bonds is 5. The largest absolute Gasteiger partial charge is 0.330 e. The first-order valence-corrected chi connectivity index (χ1v) is 7.21. The molecule has 1 amide bonds. The van der Waals surface area contributed by atoms with Crippen molar-refractivity contribution in [2.75, 3.05) is 18.0 Å². The topological polar surface area (TPSA) is 70.1 Å². The first-order chi connectivity index (χ1) is 9.77. The number of carbonyl (C=O) groups excluding carboxylic acids is 1. The minimum Gasteiger partial charge on any atom is -0.330 e. The summed E-state index contributed by atoms with van der Waals surface area (Å²) in [5.41, 5.74) is 6.65. The van der Waals surface area contributed by atoms with Gasteiger partial charge < -0.3 is 10.6 Å². The number of carbonyl (C=O) groups is 1. The number of nitrogens with two attached hydrogens (primary N) is 1. The van der Waals surface area contributed by atoms with Crippen molar-refractivity contribution in [1.29, 1.82) is 5.26 Å². The Labute approximate surface area is 120 Å². The van der Waals surface area contributed by atoms with Gasteiger partial charge in [-0.1, -0.05) is 24.6 Å². The normalized spacial score (nSPS) is 21.4. The van der Waals surface area contributed by atoms with Gasteiger partial charge in [0.25, 0.3) is 0 Å². The Balaban J connectivity index is 2.18. The van der Waals surface area contributed by atoms with Crippen molar-refractivity contribution in [3.63, 3.8) is 0 Å². The number of hydrogen-bond donors (Lipinski definition) is 1. The maximum Gasteiger partial charge on any atom is 0.230 e. The lowest BCUT2D eigenvalue weighted by molar-refractivity contribution is -0.123. The van der Waals surface area contributed by atoms with Crippen molar-refractivity contribution in [1.82, 2.24) is 0 Å². The molecule has 4 heteroatoms. The second-order valence-electron chi connectivity index (χ2n) is 5.27. The molecule has 2 atom stereocenters. The van der Waals surface area contributed by atoms with Crippen LogP contribution in [0.4, 0.5) is 5.69 Å². The number of para-hydroxylation sites is 1. The van der Waals surface area contributed by atoms with Crippen LogP contribution in [0.1, 0.15) is 25.7 Å². The molecule has 4 nitrogen and oxygen atoms in total. The molecule has 1 aromatic carbocycles. The van der Waals surface area contributed by atoms with E-state index in [0.717, 1.165) is 24.9 Å². The Kier molecular flexibility index (Phi) is 5.14. The SMILES string of the molecule is N#CCCN(C(=O)C1CCCC1CN)c1ccccc1. The van der Waals surface area contributed by atoms with Crippen LogP contribution in [0.5, 0.6) is 0 Å². The number of nitrogens with zero attached hydrogens (tertiary/aromatic N) is 2. The van der Waals surface area contributed by atoms with E-state index in [-0.39, 0.29) is 17.7 Å². The highest BCUT2D eigenvalue weighted by molar-refractivity contribution is 5.95. The highest BCUT2D eigenvalue weighted by Crippen LogP contribution is 2.33. The smallest absolute Gasteiger partial charge is 0.230 e. The zero-order chi connectivity index (χ0) is 14.4. The van der Waals surface area contributed by atoms with Crippen LogP contribution in [-0.4, -0.2) is 19.0 Å². The lowest BCUT2D eigenvalue weighted by Gasteiger charge is -2.27. The van der Waals surface area contributed by atoms with Crippen molar-refractivity contribution >= 4 is 11.6 Å². The van der Waals surface area contributed by atoms with Gasteiger partial charge in [-0.3, -0.25) is 4.79 Å².